The second kappa shape index (κ2) is 6.21. The summed E-state index contributed by atoms with van der Waals surface area (Å²) in [5, 5.41) is 8.90. The Morgan fingerprint density at radius 3 is 2.74 bits per heavy atom. The topological polar surface area (TPSA) is 37.3 Å². The predicted octanol–water partition coefficient (Wildman–Crippen LogP) is 4.58. The maximum absolute atomic E-state index is 13.1. The van der Waals surface area contributed by atoms with Crippen LogP contribution in [0.4, 0.5) is 4.39 Å². The third-order valence-corrected chi connectivity index (χ3v) is 4.14. The minimum Gasteiger partial charge on any atom is -0.478 e. The molecule has 5 heteroatoms. The highest BCUT2D eigenvalue weighted by atomic mass is 79.9. The minimum atomic E-state index is -0.938. The third-order valence-electron chi connectivity index (χ3n) is 2.47. The lowest BCUT2D eigenvalue weighted by atomic mass is 10.2. The van der Waals surface area contributed by atoms with E-state index in [2.05, 4.69) is 15.9 Å². The third kappa shape index (κ3) is 3.81. The molecule has 0 aromatic heterocycles. The molecule has 0 radical (unpaired) electrons. The van der Waals surface area contributed by atoms with Crippen molar-refractivity contribution in [3.05, 3.63) is 63.9 Å². The summed E-state index contributed by atoms with van der Waals surface area (Å²) in [7, 11) is 0. The van der Waals surface area contributed by atoms with Crippen molar-refractivity contribution in [3.63, 3.8) is 0 Å². The van der Waals surface area contributed by atoms with Gasteiger partial charge in [-0.3, -0.25) is 0 Å². The maximum Gasteiger partial charge on any atom is 0.335 e. The molecule has 98 valence electrons. The van der Waals surface area contributed by atoms with Crippen LogP contribution in [0.5, 0.6) is 0 Å². The molecule has 0 saturated heterocycles. The summed E-state index contributed by atoms with van der Waals surface area (Å²) in [5.41, 5.74) is 1.24. The fourth-order valence-corrected chi connectivity index (χ4v) is 2.84. The summed E-state index contributed by atoms with van der Waals surface area (Å²) in [6, 6.07) is 11.6. The average molecular weight is 341 g/mol. The fourth-order valence-electron chi connectivity index (χ4n) is 1.51. The van der Waals surface area contributed by atoms with E-state index in [1.54, 1.807) is 30.3 Å². The van der Waals surface area contributed by atoms with Crippen molar-refractivity contribution in [2.24, 2.45) is 0 Å². The molecule has 2 rings (SSSR count). The van der Waals surface area contributed by atoms with Gasteiger partial charge >= 0.3 is 5.97 Å². The fraction of sp³-hybridized carbons (Fsp3) is 0.0714. The monoisotopic (exact) mass is 340 g/mol. The molecule has 0 spiro atoms. The molecule has 0 heterocycles. The Labute approximate surface area is 122 Å². The van der Waals surface area contributed by atoms with Crippen LogP contribution >= 0.6 is 27.7 Å². The van der Waals surface area contributed by atoms with Crippen LogP contribution in [0.3, 0.4) is 0 Å². The Kier molecular flexibility index (Phi) is 4.61. The van der Waals surface area contributed by atoms with E-state index >= 15 is 0 Å². The Hall–Kier alpha value is -1.33. The molecule has 0 unspecified atom stereocenters. The highest BCUT2D eigenvalue weighted by Crippen LogP contribution is 2.26. The Bertz CT molecular complexity index is 616. The van der Waals surface area contributed by atoms with Crippen LogP contribution < -0.4 is 0 Å². The molecule has 0 aliphatic heterocycles. The summed E-state index contributed by atoms with van der Waals surface area (Å²) < 4.78 is 13.5. The number of benzene rings is 2. The van der Waals surface area contributed by atoms with E-state index in [9.17, 15) is 9.18 Å². The number of carboxylic acids is 1. The number of halogens is 2. The molecular weight excluding hydrogens is 331 g/mol. The highest BCUT2D eigenvalue weighted by Gasteiger charge is 2.05. The summed E-state index contributed by atoms with van der Waals surface area (Å²) >= 11 is 4.65. The van der Waals surface area contributed by atoms with Gasteiger partial charge in [0.2, 0.25) is 0 Å². The molecule has 0 fully saturated rings. The van der Waals surface area contributed by atoms with Gasteiger partial charge in [0.05, 0.1) is 10.0 Å². The first-order valence-corrected chi connectivity index (χ1v) is 7.24. The van der Waals surface area contributed by atoms with E-state index < -0.39 is 5.97 Å². The van der Waals surface area contributed by atoms with Gasteiger partial charge in [-0.1, -0.05) is 12.1 Å². The zero-order valence-corrected chi connectivity index (χ0v) is 12.2. The first-order chi connectivity index (χ1) is 9.06. The van der Waals surface area contributed by atoms with Crippen molar-refractivity contribution in [1.29, 1.82) is 0 Å². The molecule has 0 aliphatic carbocycles. The number of aromatic carboxylic acids is 1. The standard InChI is InChI=1S/C14H10BrFO2S/c15-12-6-9(4-5-13(12)16)8-19-11-3-1-2-10(7-11)14(17)18/h1-7H,8H2,(H,17,18). The molecular formula is C14H10BrFO2S. The van der Waals surface area contributed by atoms with Crippen LogP contribution in [-0.4, -0.2) is 11.1 Å². The van der Waals surface area contributed by atoms with Gasteiger partial charge in [0, 0.05) is 10.6 Å². The van der Waals surface area contributed by atoms with Crippen LogP contribution in [0.2, 0.25) is 0 Å². The number of carboxylic acid groups (broad SMARTS) is 1. The second-order valence-corrected chi connectivity index (χ2v) is 5.77. The van der Waals surface area contributed by atoms with Gasteiger partial charge in [0.15, 0.2) is 0 Å². The molecule has 0 aliphatic rings. The van der Waals surface area contributed by atoms with Crippen molar-refractivity contribution in [2.45, 2.75) is 10.6 Å². The minimum absolute atomic E-state index is 0.269. The Morgan fingerprint density at radius 1 is 1.26 bits per heavy atom. The van der Waals surface area contributed by atoms with Crippen molar-refractivity contribution in [2.75, 3.05) is 0 Å². The van der Waals surface area contributed by atoms with Crippen LogP contribution in [0.15, 0.2) is 51.8 Å². The van der Waals surface area contributed by atoms with E-state index in [0.29, 0.717) is 10.2 Å². The van der Waals surface area contributed by atoms with E-state index in [1.807, 2.05) is 6.07 Å². The average Bonchev–Trinajstić information content (AvgIpc) is 2.40. The van der Waals surface area contributed by atoms with Crippen molar-refractivity contribution in [3.8, 4) is 0 Å². The summed E-state index contributed by atoms with van der Waals surface area (Å²) in [6.45, 7) is 0. The highest BCUT2D eigenvalue weighted by molar-refractivity contribution is 9.10. The van der Waals surface area contributed by atoms with Gasteiger partial charge in [-0.15, -0.1) is 11.8 Å². The smallest absolute Gasteiger partial charge is 0.335 e. The Morgan fingerprint density at radius 2 is 2.05 bits per heavy atom. The molecule has 2 nitrogen and oxygen atoms in total. The number of hydrogen-bond donors (Lipinski definition) is 1. The second-order valence-electron chi connectivity index (χ2n) is 3.87. The van der Waals surface area contributed by atoms with E-state index in [1.165, 1.54) is 17.8 Å². The van der Waals surface area contributed by atoms with Crippen molar-refractivity contribution >= 4 is 33.7 Å². The van der Waals surface area contributed by atoms with E-state index in [-0.39, 0.29) is 11.4 Å². The molecule has 2 aromatic carbocycles. The molecule has 2 aromatic rings. The molecule has 0 bridgehead atoms. The number of thioether (sulfide) groups is 1. The van der Waals surface area contributed by atoms with Crippen LogP contribution in [0.25, 0.3) is 0 Å². The summed E-state index contributed by atoms with van der Waals surface area (Å²) in [6.07, 6.45) is 0. The Balaban J connectivity index is 2.07. The molecule has 1 N–H and O–H groups in total. The molecule has 0 atom stereocenters. The van der Waals surface area contributed by atoms with Gasteiger partial charge in [0.25, 0.3) is 0 Å². The van der Waals surface area contributed by atoms with E-state index in [0.717, 1.165) is 10.5 Å². The van der Waals surface area contributed by atoms with Gasteiger partial charge in [-0.2, -0.15) is 0 Å². The number of carbonyl (C=O) groups is 1. The first kappa shape index (κ1) is 14.1. The summed E-state index contributed by atoms with van der Waals surface area (Å²) in [4.78, 5) is 11.7. The molecule has 19 heavy (non-hydrogen) atoms. The normalized spacial score (nSPS) is 10.4. The largest absolute Gasteiger partial charge is 0.478 e. The quantitative estimate of drug-likeness (QED) is 0.827. The lowest BCUT2D eigenvalue weighted by Crippen LogP contribution is -1.95. The first-order valence-electron chi connectivity index (χ1n) is 5.46. The van der Waals surface area contributed by atoms with Crippen molar-refractivity contribution < 1.29 is 14.3 Å². The van der Waals surface area contributed by atoms with Crippen LogP contribution in [-0.2, 0) is 5.75 Å². The van der Waals surface area contributed by atoms with E-state index in [4.69, 9.17) is 5.11 Å². The maximum atomic E-state index is 13.1. The lowest BCUT2D eigenvalue weighted by molar-refractivity contribution is 0.0696. The van der Waals surface area contributed by atoms with Gasteiger partial charge in [-0.25, -0.2) is 9.18 Å². The van der Waals surface area contributed by atoms with Crippen LogP contribution in [0, 0.1) is 5.82 Å². The SMILES string of the molecule is O=C(O)c1cccc(SCc2ccc(F)c(Br)c2)c1. The number of hydrogen-bond acceptors (Lipinski definition) is 2. The predicted molar refractivity (Wildman–Crippen MR) is 77.1 cm³/mol. The van der Waals surface area contributed by atoms with Gasteiger partial charge in [-0.05, 0) is 51.8 Å². The zero-order chi connectivity index (χ0) is 13.8. The van der Waals surface area contributed by atoms with Crippen LogP contribution in [0.1, 0.15) is 15.9 Å². The van der Waals surface area contributed by atoms with Gasteiger partial charge in [0.1, 0.15) is 5.82 Å². The number of rotatable bonds is 4. The molecule has 0 saturated carbocycles. The zero-order valence-electron chi connectivity index (χ0n) is 9.77. The van der Waals surface area contributed by atoms with Gasteiger partial charge < -0.3 is 5.11 Å². The molecule has 0 amide bonds. The summed E-state index contributed by atoms with van der Waals surface area (Å²) in [5.74, 6) is -0.573. The van der Waals surface area contributed by atoms with Crippen molar-refractivity contribution in [1.82, 2.24) is 0 Å². The lowest BCUT2D eigenvalue weighted by Gasteiger charge is -2.04.